The first-order valence-corrected chi connectivity index (χ1v) is 3.53. The highest BCUT2D eigenvalue weighted by molar-refractivity contribution is 5.49. The second-order valence-corrected chi connectivity index (χ2v) is 2.50. The number of hydrogen-bond acceptors (Lipinski definition) is 2. The number of aromatic hydroxyl groups is 1. The molecule has 2 nitrogen and oxygen atoms in total. The van der Waals surface area contributed by atoms with E-state index in [1.165, 1.54) is 12.1 Å². The summed E-state index contributed by atoms with van der Waals surface area (Å²) in [6.07, 6.45) is 2.02. The number of phenols is 1. The Balaban J connectivity index is 3.13. The number of anilines is 1. The molecule has 0 bridgehead atoms. The van der Waals surface area contributed by atoms with Gasteiger partial charge in [0.2, 0.25) is 0 Å². The second kappa shape index (κ2) is 3.26. The van der Waals surface area contributed by atoms with Gasteiger partial charge in [0.15, 0.2) is 0 Å². The number of halogens is 1. The number of nitrogens with two attached hydrogens (primary N) is 1. The van der Waals surface area contributed by atoms with Crippen molar-refractivity contribution in [3.8, 4) is 5.75 Å². The predicted molar refractivity (Wildman–Crippen MR) is 46.4 cm³/mol. The van der Waals surface area contributed by atoms with Gasteiger partial charge in [-0.05, 0) is 12.5 Å². The molecule has 1 aromatic rings. The molecular formula is C9H10FNO. The molecule has 0 spiro atoms. The molecule has 0 aromatic heterocycles. The lowest BCUT2D eigenvalue weighted by Gasteiger charge is -2.03. The summed E-state index contributed by atoms with van der Waals surface area (Å²) in [6.45, 7) is 3.48. The molecule has 3 heteroatoms. The molecule has 0 saturated carbocycles. The molecule has 0 fully saturated rings. The lowest BCUT2D eigenvalue weighted by atomic mass is 10.1. The Labute approximate surface area is 70.1 Å². The van der Waals surface area contributed by atoms with Crippen molar-refractivity contribution in [1.29, 1.82) is 0 Å². The van der Waals surface area contributed by atoms with Crippen molar-refractivity contribution in [3.63, 3.8) is 0 Å². The fourth-order valence-electron chi connectivity index (χ4n) is 0.938. The highest BCUT2D eigenvalue weighted by Crippen LogP contribution is 2.23. The van der Waals surface area contributed by atoms with Gasteiger partial charge < -0.3 is 10.8 Å². The Bertz CT molecular complexity index is 310. The molecule has 0 aliphatic rings. The van der Waals surface area contributed by atoms with Crippen LogP contribution in [-0.4, -0.2) is 5.11 Å². The molecule has 3 N–H and O–H groups in total. The minimum absolute atomic E-state index is 0.00815. The van der Waals surface area contributed by atoms with Gasteiger partial charge in [0.05, 0.1) is 5.69 Å². The zero-order chi connectivity index (χ0) is 9.14. The van der Waals surface area contributed by atoms with E-state index in [0.29, 0.717) is 12.0 Å². The van der Waals surface area contributed by atoms with Crippen LogP contribution in [0.4, 0.5) is 10.1 Å². The van der Waals surface area contributed by atoms with Crippen LogP contribution in [-0.2, 0) is 6.42 Å². The van der Waals surface area contributed by atoms with Crippen LogP contribution < -0.4 is 5.73 Å². The third kappa shape index (κ3) is 1.56. The number of nitrogen functional groups attached to an aromatic ring is 1. The van der Waals surface area contributed by atoms with E-state index >= 15 is 0 Å². The van der Waals surface area contributed by atoms with E-state index in [0.717, 1.165) is 0 Å². The van der Waals surface area contributed by atoms with Crippen molar-refractivity contribution in [3.05, 3.63) is 36.2 Å². The molecule has 0 unspecified atom stereocenters. The van der Waals surface area contributed by atoms with E-state index in [4.69, 9.17) is 5.73 Å². The first kappa shape index (κ1) is 8.59. The van der Waals surface area contributed by atoms with E-state index in [1.807, 2.05) is 0 Å². The largest absolute Gasteiger partial charge is 0.508 e. The van der Waals surface area contributed by atoms with Gasteiger partial charge in [0.1, 0.15) is 11.6 Å². The van der Waals surface area contributed by atoms with Gasteiger partial charge in [-0.2, -0.15) is 0 Å². The van der Waals surface area contributed by atoms with Crippen molar-refractivity contribution in [2.45, 2.75) is 6.42 Å². The first-order valence-electron chi connectivity index (χ1n) is 3.53. The Morgan fingerprint density at radius 1 is 1.58 bits per heavy atom. The van der Waals surface area contributed by atoms with Gasteiger partial charge in [0, 0.05) is 11.6 Å². The zero-order valence-electron chi connectivity index (χ0n) is 6.55. The Kier molecular flexibility index (Phi) is 2.33. The number of phenolic OH excluding ortho intramolecular Hbond substituents is 1. The van der Waals surface area contributed by atoms with Crippen LogP contribution >= 0.6 is 0 Å². The molecule has 64 valence electrons. The minimum Gasteiger partial charge on any atom is -0.508 e. The average molecular weight is 167 g/mol. The summed E-state index contributed by atoms with van der Waals surface area (Å²) in [5.41, 5.74) is 5.68. The van der Waals surface area contributed by atoms with Gasteiger partial charge in [-0.15, -0.1) is 6.58 Å². The van der Waals surface area contributed by atoms with Crippen molar-refractivity contribution in [2.75, 3.05) is 5.73 Å². The summed E-state index contributed by atoms with van der Waals surface area (Å²) in [6, 6.07) is 2.42. The third-order valence-corrected chi connectivity index (χ3v) is 1.56. The summed E-state index contributed by atoms with van der Waals surface area (Å²) in [7, 11) is 0. The Morgan fingerprint density at radius 2 is 2.25 bits per heavy atom. The molecule has 0 aliphatic carbocycles. The van der Waals surface area contributed by atoms with E-state index in [9.17, 15) is 9.50 Å². The van der Waals surface area contributed by atoms with Gasteiger partial charge in [0.25, 0.3) is 0 Å². The fourth-order valence-corrected chi connectivity index (χ4v) is 0.938. The average Bonchev–Trinajstić information content (AvgIpc) is 2.01. The van der Waals surface area contributed by atoms with Crippen LogP contribution in [0, 0.1) is 5.82 Å². The molecule has 1 rings (SSSR count). The molecule has 1 aromatic carbocycles. The van der Waals surface area contributed by atoms with Crippen LogP contribution in [0.1, 0.15) is 5.56 Å². The zero-order valence-corrected chi connectivity index (χ0v) is 6.55. The summed E-state index contributed by atoms with van der Waals surface area (Å²) >= 11 is 0. The molecule has 0 heterocycles. The molecule has 0 atom stereocenters. The van der Waals surface area contributed by atoms with E-state index < -0.39 is 5.82 Å². The van der Waals surface area contributed by atoms with Gasteiger partial charge in [-0.3, -0.25) is 0 Å². The number of rotatable bonds is 2. The van der Waals surface area contributed by atoms with Crippen molar-refractivity contribution in [2.24, 2.45) is 0 Å². The van der Waals surface area contributed by atoms with Crippen LogP contribution in [0.15, 0.2) is 24.8 Å². The number of allylic oxidation sites excluding steroid dienone is 1. The normalized spacial score (nSPS) is 9.75. The monoisotopic (exact) mass is 167 g/mol. The standard InChI is InChI=1S/C9H10FNO/c1-2-3-6-4-7(10)8(11)5-9(6)12/h2,4-5,12H,1,3,11H2. The van der Waals surface area contributed by atoms with Crippen LogP contribution in [0.2, 0.25) is 0 Å². The summed E-state index contributed by atoms with van der Waals surface area (Å²) in [5, 5.41) is 9.25. The summed E-state index contributed by atoms with van der Waals surface area (Å²) < 4.78 is 12.8. The molecule has 0 saturated heterocycles. The maximum atomic E-state index is 12.8. The Hall–Kier alpha value is -1.51. The fraction of sp³-hybridized carbons (Fsp3) is 0.111. The van der Waals surface area contributed by atoms with Crippen molar-refractivity contribution < 1.29 is 9.50 Å². The minimum atomic E-state index is -0.510. The highest BCUT2D eigenvalue weighted by atomic mass is 19.1. The predicted octanol–water partition coefficient (Wildman–Crippen LogP) is 1.84. The number of benzene rings is 1. The molecule has 0 radical (unpaired) electrons. The topological polar surface area (TPSA) is 46.2 Å². The van der Waals surface area contributed by atoms with Crippen LogP contribution in [0.5, 0.6) is 5.75 Å². The maximum Gasteiger partial charge on any atom is 0.146 e. The number of hydrogen-bond donors (Lipinski definition) is 2. The molecule has 0 aliphatic heterocycles. The molecular weight excluding hydrogens is 157 g/mol. The van der Waals surface area contributed by atoms with Gasteiger partial charge >= 0.3 is 0 Å². The van der Waals surface area contributed by atoms with E-state index in [1.54, 1.807) is 6.08 Å². The van der Waals surface area contributed by atoms with Gasteiger partial charge in [-0.1, -0.05) is 6.08 Å². The molecule has 12 heavy (non-hydrogen) atoms. The highest BCUT2D eigenvalue weighted by Gasteiger charge is 2.04. The van der Waals surface area contributed by atoms with Crippen LogP contribution in [0.25, 0.3) is 0 Å². The third-order valence-electron chi connectivity index (χ3n) is 1.56. The van der Waals surface area contributed by atoms with Crippen LogP contribution in [0.3, 0.4) is 0 Å². The quantitative estimate of drug-likeness (QED) is 0.521. The SMILES string of the molecule is C=CCc1cc(F)c(N)cc1O. The van der Waals surface area contributed by atoms with E-state index in [-0.39, 0.29) is 11.4 Å². The summed E-state index contributed by atoms with van der Waals surface area (Å²) in [4.78, 5) is 0. The summed E-state index contributed by atoms with van der Waals surface area (Å²) in [5.74, 6) is -0.501. The van der Waals surface area contributed by atoms with E-state index in [2.05, 4.69) is 6.58 Å². The smallest absolute Gasteiger partial charge is 0.146 e. The molecule has 0 amide bonds. The lowest BCUT2D eigenvalue weighted by molar-refractivity contribution is 0.468. The Morgan fingerprint density at radius 3 is 2.83 bits per heavy atom. The first-order chi connectivity index (χ1) is 5.65. The second-order valence-electron chi connectivity index (χ2n) is 2.50. The maximum absolute atomic E-state index is 12.8. The van der Waals surface area contributed by atoms with Gasteiger partial charge in [-0.25, -0.2) is 4.39 Å². The van der Waals surface area contributed by atoms with Crippen molar-refractivity contribution in [1.82, 2.24) is 0 Å². The lowest BCUT2D eigenvalue weighted by Crippen LogP contribution is -1.92. The van der Waals surface area contributed by atoms with Crippen molar-refractivity contribution >= 4 is 5.69 Å².